The summed E-state index contributed by atoms with van der Waals surface area (Å²) in [5.74, 6) is 7.32. The van der Waals surface area contributed by atoms with E-state index in [4.69, 9.17) is 13.5 Å². The second-order valence-electron chi connectivity index (χ2n) is 14.2. The summed E-state index contributed by atoms with van der Waals surface area (Å²) >= 11 is 0. The van der Waals surface area contributed by atoms with Crippen LogP contribution in [-0.2, 0) is 0 Å². The van der Waals surface area contributed by atoms with Crippen molar-refractivity contribution >= 4 is 0 Å². The van der Waals surface area contributed by atoms with E-state index in [0.717, 1.165) is 29.0 Å². The van der Waals surface area contributed by atoms with Crippen molar-refractivity contribution in [3.8, 4) is 0 Å². The van der Waals surface area contributed by atoms with Gasteiger partial charge < -0.3 is 22.4 Å². The molecule has 0 aromatic carbocycles. The van der Waals surface area contributed by atoms with Gasteiger partial charge >= 0.3 is 0 Å². The predicted octanol–water partition coefficient (Wildman–Crippen LogP) is 12.7. The number of oxazole rings is 1. The fourth-order valence-electron chi connectivity index (χ4n) is 2.76. The van der Waals surface area contributed by atoms with Crippen LogP contribution in [0.2, 0.25) is 0 Å². The Bertz CT molecular complexity index is 1440. The van der Waals surface area contributed by atoms with Gasteiger partial charge in [-0.25, -0.2) is 9.61 Å². The van der Waals surface area contributed by atoms with E-state index in [2.05, 4.69) is 120 Å². The summed E-state index contributed by atoms with van der Waals surface area (Å²) in [4.78, 5) is 11.6. The fraction of sp³-hybridized carbons (Fsp3) is 0.667. The molecular formula is C42H78N10O6. The molecule has 332 valence electrons. The minimum Gasteiger partial charge on any atom is -0.452 e. The van der Waals surface area contributed by atoms with E-state index in [1.54, 1.807) is 32.3 Å². The van der Waals surface area contributed by atoms with Crippen LogP contribution in [0.15, 0.2) is 64.4 Å². The Kier molecular flexibility index (Phi) is 40.0. The highest BCUT2D eigenvalue weighted by atomic mass is 16.6. The molecule has 0 saturated carbocycles. The lowest BCUT2D eigenvalue weighted by Crippen LogP contribution is -1.89. The van der Waals surface area contributed by atoms with Crippen molar-refractivity contribution in [1.82, 2.24) is 50.9 Å². The molecule has 0 amide bonds. The minimum absolute atomic E-state index is 0.339. The number of nitrogens with zero attached hydrogens (tertiary/aromatic N) is 10. The Hall–Kier alpha value is -5.02. The zero-order valence-electron chi connectivity index (χ0n) is 39.8. The first-order chi connectivity index (χ1) is 27.3. The van der Waals surface area contributed by atoms with E-state index in [1.807, 2.05) is 83.1 Å². The number of hydrogen-bond donors (Lipinski definition) is 0. The van der Waals surface area contributed by atoms with Crippen LogP contribution in [0.25, 0.3) is 0 Å². The molecule has 0 bridgehead atoms. The minimum atomic E-state index is 0.339. The van der Waals surface area contributed by atoms with Crippen molar-refractivity contribution < 1.29 is 27.0 Å². The normalized spacial score (nSPS) is 9.45. The number of aryl methyl sites for hydroxylation is 4. The maximum Gasteiger partial charge on any atom is 0.229 e. The topological polar surface area (TPSA) is 208 Å². The quantitative estimate of drug-likeness (QED) is 0.162. The van der Waals surface area contributed by atoms with Crippen LogP contribution in [0.5, 0.6) is 0 Å². The van der Waals surface area contributed by atoms with E-state index in [0.29, 0.717) is 53.1 Å². The summed E-state index contributed by atoms with van der Waals surface area (Å²) in [7, 11) is 0. The third-order valence-electron chi connectivity index (χ3n) is 5.06. The lowest BCUT2D eigenvalue weighted by molar-refractivity contribution is 0.300. The van der Waals surface area contributed by atoms with Gasteiger partial charge in [0.05, 0.1) is 12.4 Å². The van der Waals surface area contributed by atoms with Gasteiger partial charge in [0.15, 0.2) is 18.0 Å². The van der Waals surface area contributed by atoms with E-state index in [9.17, 15) is 0 Å². The molecule has 16 nitrogen and oxygen atoms in total. The van der Waals surface area contributed by atoms with Crippen molar-refractivity contribution in [2.75, 3.05) is 0 Å². The highest BCUT2D eigenvalue weighted by molar-refractivity contribution is 5.08. The third-order valence-corrected chi connectivity index (χ3v) is 5.06. The second kappa shape index (κ2) is 38.8. The van der Waals surface area contributed by atoms with Crippen LogP contribution < -0.4 is 0 Å². The molecule has 58 heavy (non-hydrogen) atoms. The van der Waals surface area contributed by atoms with Crippen molar-refractivity contribution in [2.45, 2.75) is 176 Å². The Morgan fingerprint density at radius 2 is 1.10 bits per heavy atom. The van der Waals surface area contributed by atoms with E-state index < -0.39 is 0 Å². The lowest BCUT2D eigenvalue weighted by atomic mass is 10.1. The SMILES string of the molecule is CC.CC.CC(C)C.CC(C)C.Cc1nc(C(C)C)no1.Cc1nnc(C(C)C)o1.Cc1noc(C(C)C)n1.Cc1nonc1C(C)C.c1cnoc1.c1cocn1. The molecular weight excluding hydrogens is 741 g/mol. The number of aromatic nitrogens is 10. The van der Waals surface area contributed by atoms with Crippen molar-refractivity contribution in [3.63, 3.8) is 0 Å². The van der Waals surface area contributed by atoms with Crippen molar-refractivity contribution in [2.24, 2.45) is 11.8 Å². The Morgan fingerprint density at radius 1 is 0.534 bits per heavy atom. The monoisotopic (exact) mass is 819 g/mol. The molecule has 6 heterocycles. The van der Waals surface area contributed by atoms with Gasteiger partial charge in [0, 0.05) is 37.5 Å². The summed E-state index contributed by atoms with van der Waals surface area (Å²) < 4.78 is 28.1. The average molecular weight is 819 g/mol. The molecule has 0 radical (unpaired) electrons. The molecule has 6 aromatic heterocycles. The van der Waals surface area contributed by atoms with Gasteiger partial charge in [0.25, 0.3) is 0 Å². The van der Waals surface area contributed by atoms with Crippen LogP contribution >= 0.6 is 0 Å². The molecule has 6 rings (SSSR count). The molecule has 0 spiro atoms. The van der Waals surface area contributed by atoms with E-state index >= 15 is 0 Å². The summed E-state index contributed by atoms with van der Waals surface area (Å²) in [6, 6.07) is 1.72. The van der Waals surface area contributed by atoms with Gasteiger partial charge in [-0.3, -0.25) is 0 Å². The zero-order chi connectivity index (χ0) is 45.6. The molecule has 0 fully saturated rings. The molecule has 0 unspecified atom stereocenters. The van der Waals surface area contributed by atoms with Crippen molar-refractivity contribution in [1.29, 1.82) is 0 Å². The molecule has 16 heteroatoms. The van der Waals surface area contributed by atoms with Crippen molar-refractivity contribution in [3.05, 3.63) is 84.0 Å². The molecule has 0 saturated heterocycles. The molecule has 0 atom stereocenters. The average Bonchev–Trinajstić information content (AvgIpc) is 4.00. The maximum absolute atomic E-state index is 5.12. The summed E-state index contributed by atoms with van der Waals surface area (Å²) in [6.45, 7) is 44.6. The highest BCUT2D eigenvalue weighted by Crippen LogP contribution is 2.13. The predicted molar refractivity (Wildman–Crippen MR) is 229 cm³/mol. The lowest BCUT2D eigenvalue weighted by Gasteiger charge is -1.94. The molecule has 6 aromatic rings. The standard InChI is InChI=1S/4C6H10N2O.2C4H10.2C3H3NO.2C2H6/c1-4(2)6-8-7-5(3)9-6;1-4(2)6-7-5(3)9-8-6;1-4(2)6-7-5(3)8-9-6;1-4(2)6-5(3)7-9-8-6;2*1-4(2)3;1-2-5-3-4-1;1-2-4-5-3-1;2*1-2/h4*4H,1-3H3;2*4H,1-3H3;2*1-3H;2*1-2H3. The Labute approximate surface area is 349 Å². The van der Waals surface area contributed by atoms with Gasteiger partial charge in [-0.05, 0) is 31.7 Å². The fourth-order valence-corrected chi connectivity index (χ4v) is 2.76. The second-order valence-corrected chi connectivity index (χ2v) is 14.2. The number of rotatable bonds is 4. The van der Waals surface area contributed by atoms with Gasteiger partial charge in [-0.1, -0.05) is 150 Å². The highest BCUT2D eigenvalue weighted by Gasteiger charge is 2.08. The van der Waals surface area contributed by atoms with Crippen LogP contribution in [-0.4, -0.2) is 50.9 Å². The van der Waals surface area contributed by atoms with Crippen LogP contribution in [0.3, 0.4) is 0 Å². The first kappa shape index (κ1) is 59.7. The van der Waals surface area contributed by atoms with Crippen LogP contribution in [0.4, 0.5) is 0 Å². The molecule has 0 aliphatic rings. The largest absolute Gasteiger partial charge is 0.452 e. The summed E-state index contributed by atoms with van der Waals surface area (Å²) in [6.07, 6.45) is 7.57. The molecule has 0 aliphatic heterocycles. The first-order valence-corrected chi connectivity index (χ1v) is 20.1. The van der Waals surface area contributed by atoms with Gasteiger partial charge in [-0.2, -0.15) is 9.97 Å². The summed E-state index contributed by atoms with van der Waals surface area (Å²) in [5.41, 5.74) is 1.85. The Morgan fingerprint density at radius 3 is 1.28 bits per heavy atom. The van der Waals surface area contributed by atoms with Gasteiger partial charge in [0.1, 0.15) is 23.9 Å². The van der Waals surface area contributed by atoms with Gasteiger partial charge in [-0.15, -0.1) is 10.2 Å². The number of hydrogen-bond acceptors (Lipinski definition) is 16. The Balaban J connectivity index is -0.000000289. The summed E-state index contributed by atoms with van der Waals surface area (Å²) in [5, 5.41) is 25.6. The zero-order valence-corrected chi connectivity index (χ0v) is 39.8. The third kappa shape index (κ3) is 37.9. The molecule has 0 aliphatic carbocycles. The van der Waals surface area contributed by atoms with Crippen LogP contribution in [0.1, 0.15) is 195 Å². The molecule has 0 N–H and O–H groups in total. The smallest absolute Gasteiger partial charge is 0.229 e. The maximum atomic E-state index is 5.12. The van der Waals surface area contributed by atoms with Crippen LogP contribution in [0, 0.1) is 39.5 Å². The van der Waals surface area contributed by atoms with Gasteiger partial charge in [0.2, 0.25) is 23.6 Å². The van der Waals surface area contributed by atoms with E-state index in [1.165, 1.54) is 18.9 Å². The van der Waals surface area contributed by atoms with E-state index in [-0.39, 0.29) is 0 Å². The first-order valence-electron chi connectivity index (χ1n) is 20.1.